The monoisotopic (exact) mass is 312 g/mol. The molecule has 7 nitrogen and oxygen atoms in total. The van der Waals surface area contributed by atoms with E-state index < -0.39 is 10.0 Å². The summed E-state index contributed by atoms with van der Waals surface area (Å²) in [6.45, 7) is 0.927. The van der Waals surface area contributed by atoms with E-state index in [1.54, 1.807) is 11.0 Å². The molecule has 1 saturated heterocycles. The Balaban J connectivity index is 2.04. The van der Waals surface area contributed by atoms with Gasteiger partial charge in [0.2, 0.25) is 15.9 Å². The highest BCUT2D eigenvalue weighted by Crippen LogP contribution is 2.14. The van der Waals surface area contributed by atoms with E-state index >= 15 is 0 Å². The van der Waals surface area contributed by atoms with E-state index in [0.29, 0.717) is 13.1 Å². The molecule has 1 amide bonds. The standard InChI is InChI=1S/C13H20N4O3S/c1-16(21(19,20)12-5-2-6-15-8-12)10-13(18)17-7-3-4-11(14)9-17/h2,5-6,8,11H,3-4,7,9-10,14H2,1H3. The van der Waals surface area contributed by atoms with Crippen LogP contribution in [0.1, 0.15) is 12.8 Å². The molecule has 0 spiro atoms. The quantitative estimate of drug-likeness (QED) is 0.820. The minimum Gasteiger partial charge on any atom is -0.340 e. The van der Waals surface area contributed by atoms with Gasteiger partial charge in [-0.15, -0.1) is 0 Å². The topological polar surface area (TPSA) is 96.6 Å². The van der Waals surface area contributed by atoms with E-state index in [4.69, 9.17) is 5.73 Å². The Kier molecular flexibility index (Phi) is 4.92. The van der Waals surface area contributed by atoms with Crippen LogP contribution in [-0.2, 0) is 14.8 Å². The fourth-order valence-corrected chi connectivity index (χ4v) is 3.38. The molecule has 1 aliphatic rings. The van der Waals surface area contributed by atoms with Gasteiger partial charge in [0.25, 0.3) is 0 Å². The number of carbonyl (C=O) groups excluding carboxylic acids is 1. The third-order valence-electron chi connectivity index (χ3n) is 3.51. The average molecular weight is 312 g/mol. The number of rotatable bonds is 4. The van der Waals surface area contributed by atoms with Crippen molar-refractivity contribution in [2.75, 3.05) is 26.7 Å². The zero-order valence-corrected chi connectivity index (χ0v) is 12.8. The number of aromatic nitrogens is 1. The van der Waals surface area contributed by atoms with Crippen LogP contribution in [0.5, 0.6) is 0 Å². The van der Waals surface area contributed by atoms with Crippen molar-refractivity contribution in [1.29, 1.82) is 0 Å². The summed E-state index contributed by atoms with van der Waals surface area (Å²) in [5.74, 6) is -0.222. The van der Waals surface area contributed by atoms with Gasteiger partial charge in [-0.05, 0) is 25.0 Å². The largest absolute Gasteiger partial charge is 0.340 e. The van der Waals surface area contributed by atoms with Crippen LogP contribution >= 0.6 is 0 Å². The Morgan fingerprint density at radius 2 is 2.33 bits per heavy atom. The molecule has 0 saturated carbocycles. The number of amides is 1. The normalized spacial score (nSPS) is 19.8. The van der Waals surface area contributed by atoms with Crippen molar-refractivity contribution in [1.82, 2.24) is 14.2 Å². The minimum absolute atomic E-state index is 0.0251. The lowest BCUT2D eigenvalue weighted by atomic mass is 10.1. The number of hydrogen-bond donors (Lipinski definition) is 1. The molecule has 8 heteroatoms. The molecule has 1 aromatic heterocycles. The van der Waals surface area contributed by atoms with Gasteiger partial charge >= 0.3 is 0 Å². The molecule has 1 fully saturated rings. The SMILES string of the molecule is CN(CC(=O)N1CCCC(N)C1)S(=O)(=O)c1cccnc1. The Hall–Kier alpha value is -1.51. The minimum atomic E-state index is -3.69. The van der Waals surface area contributed by atoms with Crippen molar-refractivity contribution >= 4 is 15.9 Å². The Bertz CT molecular complexity index is 591. The second-order valence-electron chi connectivity index (χ2n) is 5.19. The summed E-state index contributed by atoms with van der Waals surface area (Å²) in [4.78, 5) is 17.7. The zero-order chi connectivity index (χ0) is 15.5. The molecule has 2 heterocycles. The van der Waals surface area contributed by atoms with Crippen molar-refractivity contribution in [2.45, 2.75) is 23.8 Å². The maximum absolute atomic E-state index is 12.3. The van der Waals surface area contributed by atoms with E-state index in [0.717, 1.165) is 17.1 Å². The van der Waals surface area contributed by atoms with Crippen LogP contribution in [0.25, 0.3) is 0 Å². The van der Waals surface area contributed by atoms with Crippen molar-refractivity contribution in [3.05, 3.63) is 24.5 Å². The van der Waals surface area contributed by atoms with Gasteiger partial charge in [0.05, 0.1) is 6.54 Å². The number of pyridine rings is 1. The number of sulfonamides is 1. The van der Waals surface area contributed by atoms with Crippen LogP contribution in [0, 0.1) is 0 Å². The van der Waals surface area contributed by atoms with E-state index in [-0.39, 0.29) is 23.4 Å². The van der Waals surface area contributed by atoms with Gasteiger partial charge in [0, 0.05) is 38.6 Å². The summed E-state index contributed by atoms with van der Waals surface area (Å²) >= 11 is 0. The number of hydrogen-bond acceptors (Lipinski definition) is 5. The summed E-state index contributed by atoms with van der Waals surface area (Å²) < 4.78 is 25.7. The molecule has 0 aromatic carbocycles. The molecular weight excluding hydrogens is 292 g/mol. The van der Waals surface area contributed by atoms with Gasteiger partial charge in [-0.2, -0.15) is 4.31 Å². The first kappa shape index (κ1) is 15.9. The average Bonchev–Trinajstić information content (AvgIpc) is 2.48. The second-order valence-corrected chi connectivity index (χ2v) is 7.24. The third kappa shape index (κ3) is 3.78. The second kappa shape index (κ2) is 6.50. The summed E-state index contributed by atoms with van der Waals surface area (Å²) in [6.07, 6.45) is 4.52. The lowest BCUT2D eigenvalue weighted by Crippen LogP contribution is -2.49. The summed E-state index contributed by atoms with van der Waals surface area (Å²) in [6, 6.07) is 2.98. The summed E-state index contributed by atoms with van der Waals surface area (Å²) in [5.41, 5.74) is 5.84. The van der Waals surface area contributed by atoms with E-state index in [1.165, 1.54) is 25.5 Å². The Morgan fingerprint density at radius 3 is 2.95 bits per heavy atom. The van der Waals surface area contributed by atoms with Crippen LogP contribution in [-0.4, -0.2) is 61.2 Å². The van der Waals surface area contributed by atoms with Crippen LogP contribution in [0.2, 0.25) is 0 Å². The molecule has 2 rings (SSSR count). The lowest BCUT2D eigenvalue weighted by Gasteiger charge is -2.31. The maximum Gasteiger partial charge on any atom is 0.244 e. The fraction of sp³-hybridized carbons (Fsp3) is 0.538. The number of likely N-dealkylation sites (N-methyl/N-ethyl adjacent to an activating group) is 1. The zero-order valence-electron chi connectivity index (χ0n) is 12.0. The van der Waals surface area contributed by atoms with Gasteiger partial charge < -0.3 is 10.6 Å². The highest BCUT2D eigenvalue weighted by Gasteiger charge is 2.27. The molecule has 0 radical (unpaired) electrons. The fourth-order valence-electron chi connectivity index (χ4n) is 2.29. The molecule has 1 aliphatic heterocycles. The molecule has 0 bridgehead atoms. The van der Waals surface area contributed by atoms with Gasteiger partial charge in [0.15, 0.2) is 0 Å². The lowest BCUT2D eigenvalue weighted by molar-refractivity contribution is -0.132. The maximum atomic E-state index is 12.3. The number of likely N-dealkylation sites (tertiary alicyclic amines) is 1. The number of nitrogens with zero attached hydrogens (tertiary/aromatic N) is 3. The third-order valence-corrected chi connectivity index (χ3v) is 5.30. The van der Waals surface area contributed by atoms with Crippen molar-refractivity contribution in [3.8, 4) is 0 Å². The van der Waals surface area contributed by atoms with Crippen LogP contribution < -0.4 is 5.73 Å². The molecule has 1 unspecified atom stereocenters. The number of piperidine rings is 1. The van der Waals surface area contributed by atoms with Gasteiger partial charge in [-0.25, -0.2) is 8.42 Å². The van der Waals surface area contributed by atoms with Crippen LogP contribution in [0.4, 0.5) is 0 Å². The molecule has 2 N–H and O–H groups in total. The predicted octanol–water partition coefficient (Wildman–Crippen LogP) is -0.348. The first-order valence-corrected chi connectivity index (χ1v) is 8.25. The van der Waals surface area contributed by atoms with Crippen molar-refractivity contribution in [3.63, 3.8) is 0 Å². The van der Waals surface area contributed by atoms with Crippen LogP contribution in [0.3, 0.4) is 0 Å². The smallest absolute Gasteiger partial charge is 0.244 e. The first-order chi connectivity index (χ1) is 9.91. The Morgan fingerprint density at radius 1 is 1.57 bits per heavy atom. The highest BCUT2D eigenvalue weighted by atomic mass is 32.2. The molecule has 1 aromatic rings. The van der Waals surface area contributed by atoms with Gasteiger partial charge in [0.1, 0.15) is 4.90 Å². The first-order valence-electron chi connectivity index (χ1n) is 6.81. The summed E-state index contributed by atoms with van der Waals surface area (Å²) in [5, 5.41) is 0. The van der Waals surface area contributed by atoms with Crippen molar-refractivity contribution < 1.29 is 13.2 Å². The molecular formula is C13H20N4O3S. The summed E-state index contributed by atoms with van der Waals surface area (Å²) in [7, 11) is -2.30. The predicted molar refractivity (Wildman–Crippen MR) is 77.8 cm³/mol. The van der Waals surface area contributed by atoms with Crippen molar-refractivity contribution in [2.24, 2.45) is 5.73 Å². The van der Waals surface area contributed by atoms with Gasteiger partial charge in [-0.3, -0.25) is 9.78 Å². The van der Waals surface area contributed by atoms with Gasteiger partial charge in [-0.1, -0.05) is 0 Å². The molecule has 1 atom stereocenters. The van der Waals surface area contributed by atoms with E-state index in [2.05, 4.69) is 4.98 Å². The molecule has 116 valence electrons. The van der Waals surface area contributed by atoms with E-state index in [9.17, 15) is 13.2 Å². The number of carbonyl (C=O) groups is 1. The number of nitrogens with two attached hydrogens (primary N) is 1. The molecule has 0 aliphatic carbocycles. The van der Waals surface area contributed by atoms with E-state index in [1.807, 2.05) is 0 Å². The molecule has 21 heavy (non-hydrogen) atoms. The highest BCUT2D eigenvalue weighted by molar-refractivity contribution is 7.89. The van der Waals surface area contributed by atoms with Crippen LogP contribution in [0.15, 0.2) is 29.4 Å². The Labute approximate surface area is 124 Å².